The van der Waals surface area contributed by atoms with Crippen LogP contribution in [-0.2, 0) is 19.1 Å². The Morgan fingerprint density at radius 2 is 2.22 bits per heavy atom. The minimum absolute atomic E-state index is 0.120. The second kappa shape index (κ2) is 5.16. The highest BCUT2D eigenvalue weighted by Crippen LogP contribution is 2.78. The number of ether oxygens (including phenoxy) is 2. The molecule has 8 atom stereocenters. The van der Waals surface area contributed by atoms with E-state index in [1.807, 2.05) is 13.0 Å². The van der Waals surface area contributed by atoms with E-state index in [0.717, 1.165) is 38.7 Å². The molecule has 148 valence electrons. The Labute approximate surface area is 160 Å². The van der Waals surface area contributed by atoms with Crippen LogP contribution >= 0.6 is 0 Å². The van der Waals surface area contributed by atoms with Gasteiger partial charge in [0.15, 0.2) is 0 Å². The number of fused-ring (bicyclic) bond motifs is 1. The summed E-state index contributed by atoms with van der Waals surface area (Å²) in [6.07, 6.45) is 9.12. The van der Waals surface area contributed by atoms with Crippen LogP contribution in [0.3, 0.4) is 0 Å². The van der Waals surface area contributed by atoms with Crippen molar-refractivity contribution in [1.82, 2.24) is 0 Å². The molecular formula is C22H30O5. The Morgan fingerprint density at radius 1 is 1.44 bits per heavy atom. The summed E-state index contributed by atoms with van der Waals surface area (Å²) in [7, 11) is 0. The average Bonchev–Trinajstić information content (AvgIpc) is 3.02. The first-order valence-corrected chi connectivity index (χ1v) is 10.5. The van der Waals surface area contributed by atoms with Gasteiger partial charge in [0, 0.05) is 24.9 Å². The standard InChI is InChI=1S/C22H30O5/c1-4-10-26-21-9-6-14-20(12-21,11-13(21)2)15(17(23)24)16-19(3)7-5-8-22(14,16)27-18(19)25/h5,7,13-16H,4,6,8-12H2,1-3H3,(H,23,24)/t13-,14-,15-,16-,19?,20+,21+,22-/m1/s1. The van der Waals surface area contributed by atoms with Crippen LogP contribution in [0.25, 0.3) is 0 Å². The maximum Gasteiger partial charge on any atom is 0.316 e. The van der Waals surface area contributed by atoms with Gasteiger partial charge in [-0.2, -0.15) is 0 Å². The van der Waals surface area contributed by atoms with E-state index in [9.17, 15) is 14.7 Å². The van der Waals surface area contributed by atoms with Crippen molar-refractivity contribution in [3.63, 3.8) is 0 Å². The van der Waals surface area contributed by atoms with Crippen LogP contribution in [0.4, 0.5) is 0 Å². The van der Waals surface area contributed by atoms with E-state index >= 15 is 0 Å². The molecule has 5 rings (SSSR count). The summed E-state index contributed by atoms with van der Waals surface area (Å²) < 4.78 is 12.6. The lowest BCUT2D eigenvalue weighted by molar-refractivity contribution is -0.164. The number of esters is 1. The van der Waals surface area contributed by atoms with Gasteiger partial charge < -0.3 is 14.6 Å². The van der Waals surface area contributed by atoms with E-state index in [1.165, 1.54) is 0 Å². The van der Waals surface area contributed by atoms with Gasteiger partial charge in [0.05, 0.1) is 16.9 Å². The van der Waals surface area contributed by atoms with Crippen LogP contribution in [0, 0.1) is 34.5 Å². The first kappa shape index (κ1) is 17.7. The number of hydrogen-bond donors (Lipinski definition) is 1. The second-order valence-corrected chi connectivity index (χ2v) is 10.0. The van der Waals surface area contributed by atoms with E-state index in [-0.39, 0.29) is 28.8 Å². The summed E-state index contributed by atoms with van der Waals surface area (Å²) >= 11 is 0. The highest BCUT2D eigenvalue weighted by molar-refractivity contribution is 5.86. The lowest BCUT2D eigenvalue weighted by Gasteiger charge is -2.47. The SMILES string of the molecule is CCCO[C@]12CC[C@@H]3[C@](C[C@H]1C)(C2)[C@@H](C(=O)O)[C@@H]1C2(C)C=CC[C@]13OC2=O. The molecular weight excluding hydrogens is 344 g/mol. The number of hydrogen-bond acceptors (Lipinski definition) is 4. The molecule has 4 aliphatic carbocycles. The molecule has 27 heavy (non-hydrogen) atoms. The van der Waals surface area contributed by atoms with Gasteiger partial charge in [-0.15, -0.1) is 0 Å². The molecule has 1 heterocycles. The molecule has 0 aromatic rings. The lowest BCUT2D eigenvalue weighted by atomic mass is 9.62. The normalized spacial score (nSPS) is 54.6. The largest absolute Gasteiger partial charge is 0.481 e. The molecule has 5 heteroatoms. The Hall–Kier alpha value is -1.36. The third-order valence-electron chi connectivity index (χ3n) is 8.96. The van der Waals surface area contributed by atoms with Gasteiger partial charge in [0.1, 0.15) is 5.60 Å². The van der Waals surface area contributed by atoms with Gasteiger partial charge in [0.2, 0.25) is 0 Å². The molecule has 5 aliphatic rings. The van der Waals surface area contributed by atoms with Crippen molar-refractivity contribution in [3.05, 3.63) is 12.2 Å². The Kier molecular flexibility index (Phi) is 3.39. The Bertz CT molecular complexity index is 745. The highest BCUT2D eigenvalue weighted by atomic mass is 16.6. The molecule has 1 unspecified atom stereocenters. The molecule has 4 bridgehead atoms. The summed E-state index contributed by atoms with van der Waals surface area (Å²) in [4.78, 5) is 25.5. The lowest BCUT2D eigenvalue weighted by Crippen LogP contribution is -2.48. The van der Waals surface area contributed by atoms with Crippen molar-refractivity contribution < 1.29 is 24.2 Å². The van der Waals surface area contributed by atoms with Gasteiger partial charge in [-0.25, -0.2) is 0 Å². The van der Waals surface area contributed by atoms with Crippen LogP contribution in [0.15, 0.2) is 12.2 Å². The monoisotopic (exact) mass is 374 g/mol. The van der Waals surface area contributed by atoms with Crippen LogP contribution in [0.1, 0.15) is 59.3 Å². The molecule has 1 N–H and O–H groups in total. The Morgan fingerprint density at radius 3 is 2.93 bits per heavy atom. The molecule has 0 aromatic carbocycles. The van der Waals surface area contributed by atoms with Crippen molar-refractivity contribution in [2.75, 3.05) is 6.61 Å². The van der Waals surface area contributed by atoms with Crippen molar-refractivity contribution in [2.24, 2.45) is 34.5 Å². The molecule has 1 saturated heterocycles. The smallest absolute Gasteiger partial charge is 0.316 e. The van der Waals surface area contributed by atoms with E-state index in [4.69, 9.17) is 9.47 Å². The predicted octanol–water partition coefficient (Wildman–Crippen LogP) is 3.57. The molecule has 1 aliphatic heterocycles. The van der Waals surface area contributed by atoms with Crippen LogP contribution in [0.5, 0.6) is 0 Å². The summed E-state index contributed by atoms with van der Waals surface area (Å²) in [6, 6.07) is 0. The fraction of sp³-hybridized carbons (Fsp3) is 0.818. The maximum atomic E-state index is 12.8. The van der Waals surface area contributed by atoms with E-state index in [1.54, 1.807) is 0 Å². The Balaban J connectivity index is 1.65. The van der Waals surface area contributed by atoms with Gasteiger partial charge in [-0.05, 0) is 50.4 Å². The maximum absolute atomic E-state index is 12.8. The third kappa shape index (κ3) is 1.81. The van der Waals surface area contributed by atoms with Crippen molar-refractivity contribution in [1.29, 1.82) is 0 Å². The zero-order valence-corrected chi connectivity index (χ0v) is 16.5. The number of aliphatic carboxylic acids is 1. The average molecular weight is 374 g/mol. The molecule has 3 saturated carbocycles. The van der Waals surface area contributed by atoms with E-state index < -0.39 is 22.9 Å². The number of carboxylic acids is 1. The minimum atomic E-state index is -0.813. The zero-order valence-electron chi connectivity index (χ0n) is 16.5. The third-order valence-corrected chi connectivity index (χ3v) is 8.96. The molecule has 0 aromatic heterocycles. The predicted molar refractivity (Wildman–Crippen MR) is 97.8 cm³/mol. The summed E-state index contributed by atoms with van der Waals surface area (Å²) in [6.45, 7) is 6.97. The van der Waals surface area contributed by atoms with Gasteiger partial charge in [-0.1, -0.05) is 26.0 Å². The van der Waals surface area contributed by atoms with Gasteiger partial charge in [-0.3, -0.25) is 9.59 Å². The van der Waals surface area contributed by atoms with Crippen molar-refractivity contribution >= 4 is 11.9 Å². The summed E-state index contributed by atoms with van der Waals surface area (Å²) in [5.74, 6) is -1.34. The van der Waals surface area contributed by atoms with Crippen LogP contribution in [-0.4, -0.2) is 34.9 Å². The first-order chi connectivity index (χ1) is 12.8. The fourth-order valence-electron chi connectivity index (χ4n) is 8.18. The van der Waals surface area contributed by atoms with Crippen molar-refractivity contribution in [3.8, 4) is 0 Å². The van der Waals surface area contributed by atoms with E-state index in [2.05, 4.69) is 19.9 Å². The molecule has 4 fully saturated rings. The van der Waals surface area contributed by atoms with Gasteiger partial charge >= 0.3 is 11.9 Å². The number of carbonyl (C=O) groups excluding carboxylic acids is 1. The van der Waals surface area contributed by atoms with Crippen LogP contribution < -0.4 is 0 Å². The topological polar surface area (TPSA) is 72.8 Å². The number of carbonyl (C=O) groups is 2. The van der Waals surface area contributed by atoms with Gasteiger partial charge in [0.25, 0.3) is 0 Å². The zero-order chi connectivity index (χ0) is 19.2. The minimum Gasteiger partial charge on any atom is -0.481 e. The second-order valence-electron chi connectivity index (χ2n) is 10.0. The quantitative estimate of drug-likeness (QED) is 0.602. The van der Waals surface area contributed by atoms with Crippen molar-refractivity contribution in [2.45, 2.75) is 70.5 Å². The number of rotatable bonds is 4. The molecule has 1 spiro atoms. The summed E-state index contributed by atoms with van der Waals surface area (Å²) in [5, 5.41) is 10.4. The van der Waals surface area contributed by atoms with Crippen LogP contribution in [0.2, 0.25) is 0 Å². The van der Waals surface area contributed by atoms with E-state index in [0.29, 0.717) is 12.3 Å². The molecule has 0 radical (unpaired) electrons. The molecule has 5 nitrogen and oxygen atoms in total. The first-order valence-electron chi connectivity index (χ1n) is 10.5. The highest BCUT2D eigenvalue weighted by Gasteiger charge is 2.82. The fourth-order valence-corrected chi connectivity index (χ4v) is 8.18. The summed E-state index contributed by atoms with van der Waals surface area (Å²) in [5.41, 5.74) is -1.98. The molecule has 0 amide bonds. The number of carboxylic acid groups (broad SMARTS) is 1.